The molecule has 0 bridgehead atoms. The van der Waals surface area contributed by atoms with Crippen LogP contribution in [0.1, 0.15) is 19.5 Å². The van der Waals surface area contributed by atoms with Crippen LogP contribution in [0.25, 0.3) is 0 Å². The van der Waals surface area contributed by atoms with E-state index >= 15 is 0 Å². The smallest absolute Gasteiger partial charge is 0.237 e. The Kier molecular flexibility index (Phi) is 2.58. The third-order valence-corrected chi connectivity index (χ3v) is 1.49. The summed E-state index contributed by atoms with van der Waals surface area (Å²) in [6, 6.07) is 2.03. The zero-order valence-electron chi connectivity index (χ0n) is 7.41. The summed E-state index contributed by atoms with van der Waals surface area (Å²) >= 11 is 0. The zero-order chi connectivity index (χ0) is 8.27. The third kappa shape index (κ3) is 2.66. The molecule has 0 saturated carbocycles. The van der Waals surface area contributed by atoms with Gasteiger partial charge in [-0.3, -0.25) is 0 Å². The summed E-state index contributed by atoms with van der Waals surface area (Å²) in [5, 5.41) is 0. The molecule has 0 spiro atoms. The van der Waals surface area contributed by atoms with Gasteiger partial charge in [0.2, 0.25) is 0 Å². The molecule has 1 aromatic rings. The standard InChI is InChI=1S/C9H15N2/c1-8(2)6-11-5-4-9(3)10-7-11/h4-5,7-8H,6H2,1-3H3/q+1. The summed E-state index contributed by atoms with van der Waals surface area (Å²) < 4.78 is 2.11. The van der Waals surface area contributed by atoms with Crippen molar-refractivity contribution < 1.29 is 4.57 Å². The first-order valence-electron chi connectivity index (χ1n) is 4.00. The first-order valence-corrected chi connectivity index (χ1v) is 4.00. The Morgan fingerprint density at radius 1 is 1.55 bits per heavy atom. The largest absolute Gasteiger partial charge is 0.286 e. The van der Waals surface area contributed by atoms with Crippen LogP contribution in [0.3, 0.4) is 0 Å². The third-order valence-electron chi connectivity index (χ3n) is 1.49. The number of nitrogens with zero attached hydrogens (tertiary/aromatic N) is 2. The van der Waals surface area contributed by atoms with Crippen LogP contribution in [0.2, 0.25) is 0 Å². The van der Waals surface area contributed by atoms with Crippen molar-refractivity contribution in [2.45, 2.75) is 27.3 Å². The van der Waals surface area contributed by atoms with Crippen LogP contribution in [0, 0.1) is 12.8 Å². The Hall–Kier alpha value is -0.920. The number of hydrogen-bond acceptors (Lipinski definition) is 1. The minimum absolute atomic E-state index is 0.685. The molecule has 60 valence electrons. The molecule has 0 amide bonds. The van der Waals surface area contributed by atoms with Gasteiger partial charge in [-0.1, -0.05) is 18.8 Å². The minimum Gasteiger partial charge on any atom is -0.237 e. The molecule has 1 aromatic heterocycles. The molecule has 1 rings (SSSR count). The van der Waals surface area contributed by atoms with Crippen LogP contribution in [0.4, 0.5) is 0 Å². The van der Waals surface area contributed by atoms with E-state index in [1.54, 1.807) is 0 Å². The SMILES string of the molecule is Cc1cc[n+](CC(C)C)cn1. The van der Waals surface area contributed by atoms with Gasteiger partial charge in [-0.2, -0.15) is 0 Å². The average Bonchev–Trinajstić information content (AvgIpc) is 1.93. The Bertz CT molecular complexity index is 214. The van der Waals surface area contributed by atoms with Crippen LogP contribution >= 0.6 is 0 Å². The predicted octanol–water partition coefficient (Wildman–Crippen LogP) is 1.33. The normalized spacial score (nSPS) is 10.5. The molecule has 0 N–H and O–H groups in total. The van der Waals surface area contributed by atoms with Crippen LogP contribution < -0.4 is 4.57 Å². The first kappa shape index (κ1) is 8.18. The predicted molar refractivity (Wildman–Crippen MR) is 44.0 cm³/mol. The van der Waals surface area contributed by atoms with E-state index in [-0.39, 0.29) is 0 Å². The molecular formula is C9H15N2+. The molecule has 0 fully saturated rings. The minimum atomic E-state index is 0.685. The summed E-state index contributed by atoms with van der Waals surface area (Å²) in [5.74, 6) is 0.685. The fraction of sp³-hybridized carbons (Fsp3) is 0.556. The lowest BCUT2D eigenvalue weighted by atomic mass is 10.2. The summed E-state index contributed by atoms with van der Waals surface area (Å²) in [6.07, 6.45) is 3.96. The second-order valence-electron chi connectivity index (χ2n) is 3.29. The van der Waals surface area contributed by atoms with Gasteiger partial charge in [0.25, 0.3) is 6.33 Å². The Labute approximate surface area is 67.9 Å². The monoisotopic (exact) mass is 151 g/mol. The Morgan fingerprint density at radius 2 is 2.27 bits per heavy atom. The van der Waals surface area contributed by atoms with Crippen molar-refractivity contribution in [1.82, 2.24) is 4.98 Å². The van der Waals surface area contributed by atoms with E-state index in [9.17, 15) is 0 Å². The lowest BCUT2D eigenvalue weighted by molar-refractivity contribution is -0.705. The fourth-order valence-corrected chi connectivity index (χ4v) is 0.980. The van der Waals surface area contributed by atoms with E-state index in [4.69, 9.17) is 0 Å². The van der Waals surface area contributed by atoms with E-state index in [2.05, 4.69) is 29.6 Å². The van der Waals surface area contributed by atoms with Gasteiger partial charge in [-0.05, 0) is 5.92 Å². The maximum atomic E-state index is 4.20. The summed E-state index contributed by atoms with van der Waals surface area (Å²) in [7, 11) is 0. The van der Waals surface area contributed by atoms with Gasteiger partial charge in [0.1, 0.15) is 0 Å². The van der Waals surface area contributed by atoms with E-state index < -0.39 is 0 Å². The molecule has 1 heterocycles. The molecule has 2 heteroatoms. The van der Waals surface area contributed by atoms with Crippen molar-refractivity contribution in [3.8, 4) is 0 Å². The van der Waals surface area contributed by atoms with Gasteiger partial charge in [0.15, 0.2) is 5.69 Å². The lowest BCUT2D eigenvalue weighted by Crippen LogP contribution is -2.36. The molecule has 0 aliphatic carbocycles. The van der Waals surface area contributed by atoms with Crippen molar-refractivity contribution in [2.75, 3.05) is 0 Å². The van der Waals surface area contributed by atoms with Gasteiger partial charge >= 0.3 is 0 Å². The molecule has 0 saturated heterocycles. The molecule has 0 aliphatic heterocycles. The Morgan fingerprint density at radius 3 is 2.73 bits per heavy atom. The van der Waals surface area contributed by atoms with Gasteiger partial charge in [-0.25, -0.2) is 4.57 Å². The van der Waals surface area contributed by atoms with Crippen molar-refractivity contribution in [1.29, 1.82) is 0 Å². The zero-order valence-corrected chi connectivity index (χ0v) is 7.41. The van der Waals surface area contributed by atoms with Crippen molar-refractivity contribution in [3.63, 3.8) is 0 Å². The van der Waals surface area contributed by atoms with E-state index in [1.165, 1.54) is 0 Å². The van der Waals surface area contributed by atoms with Gasteiger partial charge in [0, 0.05) is 13.0 Å². The number of hydrogen-bond donors (Lipinski definition) is 0. The van der Waals surface area contributed by atoms with Crippen LogP contribution in [0.15, 0.2) is 18.6 Å². The molecule has 0 aliphatic rings. The molecular weight excluding hydrogens is 136 g/mol. The van der Waals surface area contributed by atoms with Crippen molar-refractivity contribution in [3.05, 3.63) is 24.3 Å². The second-order valence-corrected chi connectivity index (χ2v) is 3.29. The van der Waals surface area contributed by atoms with Crippen molar-refractivity contribution >= 4 is 0 Å². The van der Waals surface area contributed by atoms with E-state index in [0.717, 1.165) is 12.2 Å². The van der Waals surface area contributed by atoms with Crippen LogP contribution in [-0.4, -0.2) is 4.98 Å². The van der Waals surface area contributed by atoms with Crippen molar-refractivity contribution in [2.24, 2.45) is 5.92 Å². The highest BCUT2D eigenvalue weighted by Gasteiger charge is 2.00. The van der Waals surface area contributed by atoms with Gasteiger partial charge < -0.3 is 0 Å². The molecule has 0 atom stereocenters. The maximum Gasteiger partial charge on any atom is 0.286 e. The molecule has 0 unspecified atom stereocenters. The first-order chi connectivity index (χ1) is 5.18. The summed E-state index contributed by atoms with van der Waals surface area (Å²) in [4.78, 5) is 4.20. The average molecular weight is 151 g/mol. The maximum absolute atomic E-state index is 4.20. The highest BCUT2D eigenvalue weighted by Crippen LogP contribution is 1.90. The fourth-order valence-electron chi connectivity index (χ4n) is 0.980. The Balaban J connectivity index is 2.66. The second kappa shape index (κ2) is 3.46. The number of aryl methyl sites for hydroxylation is 1. The van der Waals surface area contributed by atoms with Gasteiger partial charge in [-0.15, -0.1) is 0 Å². The number of rotatable bonds is 2. The molecule has 0 aromatic carbocycles. The molecule has 11 heavy (non-hydrogen) atoms. The summed E-state index contributed by atoms with van der Waals surface area (Å²) in [6.45, 7) is 7.45. The van der Waals surface area contributed by atoms with Gasteiger partial charge in [0.05, 0.1) is 12.7 Å². The highest BCUT2D eigenvalue weighted by atomic mass is 15.0. The highest BCUT2D eigenvalue weighted by molar-refractivity contribution is 4.89. The van der Waals surface area contributed by atoms with E-state index in [0.29, 0.717) is 5.92 Å². The van der Waals surface area contributed by atoms with Crippen LogP contribution in [-0.2, 0) is 6.54 Å². The topological polar surface area (TPSA) is 16.8 Å². The van der Waals surface area contributed by atoms with Crippen LogP contribution in [0.5, 0.6) is 0 Å². The molecule has 2 nitrogen and oxygen atoms in total. The number of aromatic nitrogens is 2. The quantitative estimate of drug-likeness (QED) is 0.583. The molecule has 0 radical (unpaired) electrons. The van der Waals surface area contributed by atoms with E-state index in [1.807, 2.05) is 19.3 Å². The lowest BCUT2D eigenvalue weighted by Gasteiger charge is -2.00. The summed E-state index contributed by atoms with van der Waals surface area (Å²) in [5.41, 5.74) is 1.07.